The SMILES string of the molecule is CCOc1cncc(C(NN)c2cc(C)c(Br)s2)c1. The van der Waals surface area contributed by atoms with Gasteiger partial charge in [-0.25, -0.2) is 5.43 Å². The fraction of sp³-hybridized carbons (Fsp3) is 0.308. The quantitative estimate of drug-likeness (QED) is 0.647. The Morgan fingerprint density at radius 2 is 2.26 bits per heavy atom. The van der Waals surface area contributed by atoms with Gasteiger partial charge in [0, 0.05) is 11.1 Å². The van der Waals surface area contributed by atoms with Crippen LogP contribution in [0.15, 0.2) is 28.3 Å². The molecule has 1 unspecified atom stereocenters. The number of hydrazine groups is 1. The van der Waals surface area contributed by atoms with E-state index in [4.69, 9.17) is 10.6 Å². The highest BCUT2D eigenvalue weighted by Crippen LogP contribution is 2.34. The minimum absolute atomic E-state index is 0.0806. The molecule has 2 heterocycles. The van der Waals surface area contributed by atoms with Crippen molar-refractivity contribution < 1.29 is 4.74 Å². The number of pyridine rings is 1. The van der Waals surface area contributed by atoms with Gasteiger partial charge in [0.15, 0.2) is 0 Å². The van der Waals surface area contributed by atoms with Gasteiger partial charge in [-0.1, -0.05) is 0 Å². The zero-order valence-corrected chi connectivity index (χ0v) is 13.2. The third-order valence-electron chi connectivity index (χ3n) is 2.71. The lowest BCUT2D eigenvalue weighted by atomic mass is 10.1. The van der Waals surface area contributed by atoms with E-state index in [1.54, 1.807) is 23.7 Å². The number of ether oxygens (including phenoxy) is 1. The number of nitrogens with two attached hydrogens (primary N) is 1. The average Bonchev–Trinajstić information content (AvgIpc) is 2.71. The number of nitrogens with one attached hydrogen (secondary N) is 1. The van der Waals surface area contributed by atoms with E-state index in [-0.39, 0.29) is 6.04 Å². The van der Waals surface area contributed by atoms with Gasteiger partial charge in [-0.05, 0) is 53.0 Å². The van der Waals surface area contributed by atoms with Crippen molar-refractivity contribution in [2.45, 2.75) is 19.9 Å². The second-order valence-electron chi connectivity index (χ2n) is 4.09. The zero-order valence-electron chi connectivity index (χ0n) is 10.8. The Bertz CT molecular complexity index is 539. The van der Waals surface area contributed by atoms with Crippen LogP contribution in [-0.2, 0) is 0 Å². The van der Waals surface area contributed by atoms with E-state index in [2.05, 4.69) is 39.3 Å². The molecule has 19 heavy (non-hydrogen) atoms. The highest BCUT2D eigenvalue weighted by Gasteiger charge is 2.17. The summed E-state index contributed by atoms with van der Waals surface area (Å²) in [6.45, 7) is 4.63. The minimum Gasteiger partial charge on any atom is -0.492 e. The van der Waals surface area contributed by atoms with Gasteiger partial charge in [0.2, 0.25) is 0 Å². The third kappa shape index (κ3) is 3.33. The second-order valence-corrected chi connectivity index (χ2v) is 6.49. The van der Waals surface area contributed by atoms with Crippen molar-refractivity contribution in [3.05, 3.63) is 44.3 Å². The van der Waals surface area contributed by atoms with Gasteiger partial charge in [-0.15, -0.1) is 11.3 Å². The van der Waals surface area contributed by atoms with Crippen molar-refractivity contribution in [3.63, 3.8) is 0 Å². The predicted molar refractivity (Wildman–Crippen MR) is 81.3 cm³/mol. The molecule has 102 valence electrons. The summed E-state index contributed by atoms with van der Waals surface area (Å²) in [6, 6.07) is 4.00. The van der Waals surface area contributed by atoms with Crippen LogP contribution in [0.4, 0.5) is 0 Å². The molecule has 2 rings (SSSR count). The molecule has 0 aliphatic rings. The molecule has 0 saturated heterocycles. The number of nitrogens with zero attached hydrogens (tertiary/aromatic N) is 1. The monoisotopic (exact) mass is 341 g/mol. The van der Waals surface area contributed by atoms with E-state index >= 15 is 0 Å². The summed E-state index contributed by atoms with van der Waals surface area (Å²) in [6.07, 6.45) is 3.51. The first-order valence-corrected chi connectivity index (χ1v) is 7.56. The van der Waals surface area contributed by atoms with Crippen LogP contribution >= 0.6 is 27.3 Å². The molecule has 0 aliphatic heterocycles. The van der Waals surface area contributed by atoms with Gasteiger partial charge >= 0.3 is 0 Å². The number of halogens is 1. The number of hydrogen-bond donors (Lipinski definition) is 2. The summed E-state index contributed by atoms with van der Waals surface area (Å²) >= 11 is 5.20. The Morgan fingerprint density at radius 1 is 1.47 bits per heavy atom. The van der Waals surface area contributed by atoms with Crippen LogP contribution in [0.3, 0.4) is 0 Å². The van der Waals surface area contributed by atoms with Crippen molar-refractivity contribution in [1.29, 1.82) is 0 Å². The smallest absolute Gasteiger partial charge is 0.137 e. The molecule has 0 aromatic carbocycles. The number of aryl methyl sites for hydroxylation is 1. The van der Waals surface area contributed by atoms with E-state index in [0.717, 1.165) is 20.0 Å². The van der Waals surface area contributed by atoms with Crippen LogP contribution in [-0.4, -0.2) is 11.6 Å². The maximum absolute atomic E-state index is 5.69. The molecule has 4 nitrogen and oxygen atoms in total. The molecule has 0 saturated carbocycles. The lowest BCUT2D eigenvalue weighted by Crippen LogP contribution is -2.28. The van der Waals surface area contributed by atoms with E-state index in [9.17, 15) is 0 Å². The number of aromatic nitrogens is 1. The first-order chi connectivity index (χ1) is 9.15. The molecule has 2 aromatic heterocycles. The van der Waals surface area contributed by atoms with Crippen molar-refractivity contribution in [3.8, 4) is 5.75 Å². The van der Waals surface area contributed by atoms with Crippen molar-refractivity contribution in [2.24, 2.45) is 5.84 Å². The highest BCUT2D eigenvalue weighted by molar-refractivity contribution is 9.11. The molecule has 0 radical (unpaired) electrons. The van der Waals surface area contributed by atoms with Gasteiger partial charge in [0.1, 0.15) is 5.75 Å². The average molecular weight is 342 g/mol. The first-order valence-electron chi connectivity index (χ1n) is 5.95. The number of hydrogen-bond acceptors (Lipinski definition) is 5. The standard InChI is InChI=1S/C13H16BrN3OS/c1-3-18-10-5-9(6-16-7-10)12(17-15)11-4-8(2)13(14)19-11/h4-7,12,17H,3,15H2,1-2H3. The summed E-state index contributed by atoms with van der Waals surface area (Å²) in [4.78, 5) is 5.34. The van der Waals surface area contributed by atoms with E-state index in [0.29, 0.717) is 6.61 Å². The van der Waals surface area contributed by atoms with Gasteiger partial charge < -0.3 is 4.74 Å². The Hall–Kier alpha value is -0.950. The Labute approximate surface area is 125 Å². The molecule has 0 spiro atoms. The van der Waals surface area contributed by atoms with Crippen LogP contribution < -0.4 is 16.0 Å². The van der Waals surface area contributed by atoms with Gasteiger partial charge in [0.05, 0.1) is 22.6 Å². The van der Waals surface area contributed by atoms with Crippen LogP contribution in [0.5, 0.6) is 5.75 Å². The Kier molecular flexibility index (Phi) is 4.93. The molecule has 0 amide bonds. The summed E-state index contributed by atoms with van der Waals surface area (Å²) in [5, 5.41) is 0. The van der Waals surface area contributed by atoms with E-state index in [1.165, 1.54) is 5.56 Å². The van der Waals surface area contributed by atoms with Gasteiger partial charge in [-0.2, -0.15) is 0 Å². The third-order valence-corrected chi connectivity index (χ3v) is 4.91. The van der Waals surface area contributed by atoms with Crippen LogP contribution in [0.2, 0.25) is 0 Å². The van der Waals surface area contributed by atoms with Crippen molar-refractivity contribution >= 4 is 27.3 Å². The van der Waals surface area contributed by atoms with Crippen molar-refractivity contribution in [1.82, 2.24) is 10.4 Å². The lowest BCUT2D eigenvalue weighted by molar-refractivity contribution is 0.338. The van der Waals surface area contributed by atoms with E-state index in [1.807, 2.05) is 13.0 Å². The molecule has 1 atom stereocenters. The molecular formula is C13H16BrN3OS. The summed E-state index contributed by atoms with van der Waals surface area (Å²) in [5.74, 6) is 6.45. The van der Waals surface area contributed by atoms with Crippen LogP contribution in [0.1, 0.15) is 29.0 Å². The molecule has 0 bridgehead atoms. The molecule has 6 heteroatoms. The zero-order chi connectivity index (χ0) is 13.8. The maximum atomic E-state index is 5.69. The first kappa shape index (κ1) is 14.5. The molecule has 2 aromatic rings. The summed E-state index contributed by atoms with van der Waals surface area (Å²) in [7, 11) is 0. The fourth-order valence-electron chi connectivity index (χ4n) is 1.81. The topological polar surface area (TPSA) is 60.2 Å². The summed E-state index contributed by atoms with van der Waals surface area (Å²) < 4.78 is 6.59. The Morgan fingerprint density at radius 3 is 2.84 bits per heavy atom. The number of rotatable bonds is 5. The highest BCUT2D eigenvalue weighted by atomic mass is 79.9. The Balaban J connectivity index is 2.33. The summed E-state index contributed by atoms with van der Waals surface area (Å²) in [5.41, 5.74) is 5.03. The lowest BCUT2D eigenvalue weighted by Gasteiger charge is -2.15. The van der Waals surface area contributed by atoms with Crippen molar-refractivity contribution in [2.75, 3.05) is 6.61 Å². The molecular weight excluding hydrogens is 326 g/mol. The molecule has 0 fully saturated rings. The second kappa shape index (κ2) is 6.47. The van der Waals surface area contributed by atoms with Crippen LogP contribution in [0.25, 0.3) is 0 Å². The van der Waals surface area contributed by atoms with Gasteiger partial charge in [0.25, 0.3) is 0 Å². The predicted octanol–water partition coefficient (Wildman–Crippen LogP) is 3.17. The van der Waals surface area contributed by atoms with Crippen LogP contribution in [0, 0.1) is 6.92 Å². The fourth-order valence-corrected chi connectivity index (χ4v) is 3.47. The number of thiophene rings is 1. The normalized spacial score (nSPS) is 12.4. The maximum Gasteiger partial charge on any atom is 0.137 e. The minimum atomic E-state index is -0.0806. The largest absolute Gasteiger partial charge is 0.492 e. The van der Waals surface area contributed by atoms with Gasteiger partial charge in [-0.3, -0.25) is 10.8 Å². The molecule has 0 aliphatic carbocycles. The molecule has 3 N–H and O–H groups in total. The van der Waals surface area contributed by atoms with E-state index < -0.39 is 0 Å².